The van der Waals surface area contributed by atoms with Crippen LogP contribution >= 0.6 is 11.8 Å². The van der Waals surface area contributed by atoms with Gasteiger partial charge in [0.2, 0.25) is 5.95 Å². The fourth-order valence-corrected chi connectivity index (χ4v) is 2.03. The molecule has 7 nitrogen and oxygen atoms in total. The van der Waals surface area contributed by atoms with Gasteiger partial charge in [0.1, 0.15) is 0 Å². The van der Waals surface area contributed by atoms with Crippen LogP contribution in [-0.4, -0.2) is 29.5 Å². The molecule has 0 amide bonds. The Labute approximate surface area is 109 Å². The molecule has 0 bridgehead atoms. The topological polar surface area (TPSA) is 94.5 Å². The highest BCUT2D eigenvalue weighted by Gasteiger charge is 2.16. The summed E-state index contributed by atoms with van der Waals surface area (Å²) in [5.74, 6) is 6.12. The van der Waals surface area contributed by atoms with E-state index in [2.05, 4.69) is 46.2 Å². The smallest absolute Gasteiger partial charge is 0.256 e. The van der Waals surface area contributed by atoms with E-state index in [9.17, 15) is 0 Å². The predicted molar refractivity (Wildman–Crippen MR) is 70.4 cm³/mol. The highest BCUT2D eigenvalue weighted by molar-refractivity contribution is 8.00. The molecule has 0 saturated carbocycles. The maximum atomic E-state index is 5.36. The van der Waals surface area contributed by atoms with Gasteiger partial charge in [0.05, 0.1) is 0 Å². The Kier molecular flexibility index (Phi) is 3.48. The molecule has 0 aliphatic rings. The summed E-state index contributed by atoms with van der Waals surface area (Å²) in [5, 5.41) is 4.69. The molecule has 0 aliphatic carbocycles. The Morgan fingerprint density at radius 3 is 2.61 bits per heavy atom. The molecule has 0 aliphatic heterocycles. The molecule has 2 heterocycles. The number of hydrogen-bond donors (Lipinski definition) is 2. The van der Waals surface area contributed by atoms with Crippen LogP contribution in [0, 0.1) is 0 Å². The average Bonchev–Trinajstić information content (AvgIpc) is 2.79. The lowest BCUT2D eigenvalue weighted by molar-refractivity contribution is 0.747. The molecular weight excluding hydrogens is 250 g/mol. The zero-order chi connectivity index (χ0) is 13.2. The molecule has 0 atom stereocenters. The summed E-state index contributed by atoms with van der Waals surface area (Å²) in [7, 11) is 0. The lowest BCUT2D eigenvalue weighted by atomic mass is 10.3. The second-order valence-electron chi connectivity index (χ2n) is 4.55. The Morgan fingerprint density at radius 1 is 1.28 bits per heavy atom. The number of thioether (sulfide) groups is 1. The van der Waals surface area contributed by atoms with E-state index >= 15 is 0 Å². The van der Waals surface area contributed by atoms with Crippen molar-refractivity contribution in [2.45, 2.75) is 30.7 Å². The molecule has 18 heavy (non-hydrogen) atoms. The highest BCUT2D eigenvalue weighted by atomic mass is 32.2. The van der Waals surface area contributed by atoms with Gasteiger partial charge in [-0.05, 0) is 6.07 Å². The van der Waals surface area contributed by atoms with Crippen LogP contribution in [-0.2, 0) is 0 Å². The molecule has 0 unspecified atom stereocenters. The predicted octanol–water partition coefficient (Wildman–Crippen LogP) is 1.23. The van der Waals surface area contributed by atoms with E-state index in [1.807, 2.05) is 0 Å². The molecule has 2 aromatic heterocycles. The number of hydrazine groups is 1. The zero-order valence-corrected chi connectivity index (χ0v) is 11.3. The summed E-state index contributed by atoms with van der Waals surface area (Å²) in [6.07, 6.45) is 3.43. The molecule has 96 valence electrons. The Morgan fingerprint density at radius 2 is 2.06 bits per heavy atom. The Bertz CT molecular complexity index is 518. The maximum Gasteiger partial charge on any atom is 0.256 e. The van der Waals surface area contributed by atoms with E-state index in [1.165, 1.54) is 0 Å². The van der Waals surface area contributed by atoms with Crippen molar-refractivity contribution in [1.29, 1.82) is 0 Å². The van der Waals surface area contributed by atoms with Crippen LogP contribution in [0.15, 0.2) is 23.6 Å². The minimum atomic E-state index is 0.00854. The average molecular weight is 265 g/mol. The normalized spacial score (nSPS) is 11.6. The molecule has 0 radical (unpaired) electrons. The van der Waals surface area contributed by atoms with Crippen molar-refractivity contribution in [3.05, 3.63) is 18.5 Å². The molecule has 3 N–H and O–H groups in total. The van der Waals surface area contributed by atoms with Gasteiger partial charge in [-0.3, -0.25) is 5.43 Å². The van der Waals surface area contributed by atoms with E-state index in [4.69, 9.17) is 5.84 Å². The van der Waals surface area contributed by atoms with Gasteiger partial charge in [-0.1, -0.05) is 32.5 Å². The second-order valence-corrected chi connectivity index (χ2v) is 6.35. The van der Waals surface area contributed by atoms with Crippen molar-refractivity contribution in [3.63, 3.8) is 0 Å². The van der Waals surface area contributed by atoms with Crippen LogP contribution in [0.5, 0.6) is 0 Å². The third-order valence-electron chi connectivity index (χ3n) is 1.84. The summed E-state index contributed by atoms with van der Waals surface area (Å²) in [5.41, 5.74) is 2.44. The maximum absolute atomic E-state index is 5.36. The van der Waals surface area contributed by atoms with Crippen LogP contribution in [0.3, 0.4) is 0 Å². The number of nitrogens with two attached hydrogens (primary N) is 1. The van der Waals surface area contributed by atoms with Crippen molar-refractivity contribution >= 4 is 17.7 Å². The number of rotatable bonds is 3. The van der Waals surface area contributed by atoms with Gasteiger partial charge in [-0.15, -0.1) is 0 Å². The number of nitrogen functional groups attached to an aromatic ring is 1. The van der Waals surface area contributed by atoms with Crippen LogP contribution in [0.1, 0.15) is 20.8 Å². The van der Waals surface area contributed by atoms with E-state index in [0.717, 1.165) is 0 Å². The van der Waals surface area contributed by atoms with Gasteiger partial charge < -0.3 is 0 Å². The van der Waals surface area contributed by atoms with Crippen LogP contribution in [0.2, 0.25) is 0 Å². The molecule has 2 aromatic rings. The first-order chi connectivity index (χ1) is 8.48. The van der Waals surface area contributed by atoms with Gasteiger partial charge in [0.15, 0.2) is 5.16 Å². The fraction of sp³-hybridized carbons (Fsp3) is 0.400. The first kappa shape index (κ1) is 12.8. The number of aromatic nitrogens is 5. The summed E-state index contributed by atoms with van der Waals surface area (Å²) in [6.45, 7) is 6.26. The number of nitrogens with one attached hydrogen (secondary N) is 1. The van der Waals surface area contributed by atoms with Gasteiger partial charge in [0, 0.05) is 17.1 Å². The van der Waals surface area contributed by atoms with E-state index < -0.39 is 0 Å². The van der Waals surface area contributed by atoms with Crippen molar-refractivity contribution in [2.75, 3.05) is 5.43 Å². The second kappa shape index (κ2) is 4.91. The lowest BCUT2D eigenvalue weighted by Crippen LogP contribution is -2.16. The van der Waals surface area contributed by atoms with Gasteiger partial charge in [-0.25, -0.2) is 10.5 Å². The monoisotopic (exact) mass is 265 g/mol. The summed E-state index contributed by atoms with van der Waals surface area (Å²) < 4.78 is 1.57. The lowest BCUT2D eigenvalue weighted by Gasteiger charge is -2.16. The van der Waals surface area contributed by atoms with Gasteiger partial charge in [-0.2, -0.15) is 20.1 Å². The summed E-state index contributed by atoms with van der Waals surface area (Å²) in [6, 6.07) is 1.80. The summed E-state index contributed by atoms with van der Waals surface area (Å²) in [4.78, 5) is 12.7. The minimum Gasteiger partial charge on any atom is -0.292 e. The molecule has 0 aromatic carbocycles. The zero-order valence-electron chi connectivity index (χ0n) is 10.5. The van der Waals surface area contributed by atoms with Crippen LogP contribution in [0.25, 0.3) is 5.95 Å². The molecule has 2 rings (SSSR count). The quantitative estimate of drug-likeness (QED) is 0.489. The molecule has 8 heteroatoms. The van der Waals surface area contributed by atoms with Gasteiger partial charge >= 0.3 is 0 Å². The molecule has 0 spiro atoms. The van der Waals surface area contributed by atoms with Crippen LogP contribution < -0.4 is 11.3 Å². The van der Waals surface area contributed by atoms with E-state index in [0.29, 0.717) is 17.1 Å². The van der Waals surface area contributed by atoms with Crippen LogP contribution in [0.4, 0.5) is 5.95 Å². The molecule has 0 saturated heterocycles. The van der Waals surface area contributed by atoms with Crippen molar-refractivity contribution in [2.24, 2.45) is 5.84 Å². The summed E-state index contributed by atoms with van der Waals surface area (Å²) >= 11 is 1.54. The fourth-order valence-electron chi connectivity index (χ4n) is 1.22. The molecular formula is C10H15N7S. The standard InChI is InChI=1S/C10H15N7S/c1-10(2,3)18-9-14-7(16-11)13-8(15-9)17-6-4-5-12-17/h4-6H,11H2,1-3H3,(H,13,14,15,16). The third kappa shape index (κ3) is 3.17. The van der Waals surface area contributed by atoms with Crippen molar-refractivity contribution < 1.29 is 0 Å². The molecule has 0 fully saturated rings. The number of hydrogen-bond acceptors (Lipinski definition) is 7. The highest BCUT2D eigenvalue weighted by Crippen LogP contribution is 2.29. The first-order valence-electron chi connectivity index (χ1n) is 5.40. The largest absolute Gasteiger partial charge is 0.292 e. The SMILES string of the molecule is CC(C)(C)Sc1nc(NN)nc(-n2cccn2)n1. The van der Waals surface area contributed by atoms with Gasteiger partial charge in [0.25, 0.3) is 5.95 Å². The Balaban J connectivity index is 2.39. The number of anilines is 1. The Hall–Kier alpha value is -1.67. The van der Waals surface area contributed by atoms with E-state index in [-0.39, 0.29) is 4.75 Å². The van der Waals surface area contributed by atoms with Crippen molar-refractivity contribution in [3.8, 4) is 5.95 Å². The third-order valence-corrected chi connectivity index (χ3v) is 2.82. The number of nitrogens with zero attached hydrogens (tertiary/aromatic N) is 5. The van der Waals surface area contributed by atoms with Crippen molar-refractivity contribution in [1.82, 2.24) is 24.7 Å². The van der Waals surface area contributed by atoms with E-state index in [1.54, 1.807) is 34.9 Å². The first-order valence-corrected chi connectivity index (χ1v) is 6.21. The minimum absolute atomic E-state index is 0.00854.